The fourth-order valence-corrected chi connectivity index (χ4v) is 2.16. The first-order chi connectivity index (χ1) is 8.58. The van der Waals surface area contributed by atoms with Gasteiger partial charge in [-0.15, -0.1) is 0 Å². The van der Waals surface area contributed by atoms with E-state index in [0.717, 1.165) is 18.6 Å². The van der Waals surface area contributed by atoms with Crippen molar-refractivity contribution >= 4 is 5.91 Å². The first kappa shape index (κ1) is 13.0. The molecule has 0 saturated carbocycles. The second-order valence-electron chi connectivity index (χ2n) is 4.87. The maximum Gasteiger partial charge on any atom is 0.254 e. The predicted molar refractivity (Wildman–Crippen MR) is 67.0 cm³/mol. The van der Waals surface area contributed by atoms with Crippen LogP contribution in [0.3, 0.4) is 0 Å². The Hall–Kier alpha value is -1.42. The predicted octanol–water partition coefficient (Wildman–Crippen LogP) is 2.29. The summed E-state index contributed by atoms with van der Waals surface area (Å²) < 4.78 is 18.8. The Bertz CT molecular complexity index is 441. The summed E-state index contributed by atoms with van der Waals surface area (Å²) in [7, 11) is 0. The van der Waals surface area contributed by atoms with Crippen LogP contribution in [-0.4, -0.2) is 25.2 Å². The van der Waals surface area contributed by atoms with Crippen LogP contribution in [0.2, 0.25) is 0 Å². The molecule has 1 fully saturated rings. The lowest BCUT2D eigenvalue weighted by Crippen LogP contribution is -2.38. The Balaban J connectivity index is 2.04. The van der Waals surface area contributed by atoms with Gasteiger partial charge in [0.2, 0.25) is 0 Å². The fourth-order valence-electron chi connectivity index (χ4n) is 2.16. The summed E-state index contributed by atoms with van der Waals surface area (Å²) in [6, 6.07) is 4.55. The molecular formula is C14H18FNO2. The monoisotopic (exact) mass is 251 g/mol. The van der Waals surface area contributed by atoms with E-state index in [1.165, 1.54) is 6.07 Å². The first-order valence-corrected chi connectivity index (χ1v) is 6.22. The van der Waals surface area contributed by atoms with Crippen LogP contribution in [0.15, 0.2) is 18.2 Å². The molecule has 3 nitrogen and oxygen atoms in total. The van der Waals surface area contributed by atoms with Crippen LogP contribution < -0.4 is 5.32 Å². The summed E-state index contributed by atoms with van der Waals surface area (Å²) in [5.74, 6) is -0.509. The van der Waals surface area contributed by atoms with Gasteiger partial charge in [-0.05, 0) is 32.4 Å². The minimum Gasteiger partial charge on any atom is -0.381 e. The second kappa shape index (κ2) is 5.48. The maximum atomic E-state index is 13.6. The lowest BCUT2D eigenvalue weighted by Gasteiger charge is -2.19. The van der Waals surface area contributed by atoms with Gasteiger partial charge in [0.1, 0.15) is 5.82 Å². The van der Waals surface area contributed by atoms with Crippen LogP contribution in [0.1, 0.15) is 29.3 Å². The lowest BCUT2D eigenvalue weighted by molar-refractivity contribution is 0.0918. The van der Waals surface area contributed by atoms with Gasteiger partial charge in [-0.2, -0.15) is 0 Å². The smallest absolute Gasteiger partial charge is 0.254 e. The van der Waals surface area contributed by atoms with E-state index in [4.69, 9.17) is 4.74 Å². The van der Waals surface area contributed by atoms with Gasteiger partial charge in [-0.3, -0.25) is 4.79 Å². The van der Waals surface area contributed by atoms with E-state index in [1.807, 2.05) is 13.8 Å². The Morgan fingerprint density at radius 2 is 2.33 bits per heavy atom. The molecule has 0 radical (unpaired) electrons. The minimum absolute atomic E-state index is 0.0000813. The Morgan fingerprint density at radius 3 is 3.00 bits per heavy atom. The van der Waals surface area contributed by atoms with Gasteiger partial charge in [0.25, 0.3) is 5.91 Å². The highest BCUT2D eigenvalue weighted by molar-refractivity contribution is 5.94. The molecule has 2 unspecified atom stereocenters. The van der Waals surface area contributed by atoms with Crippen LogP contribution in [0.25, 0.3) is 0 Å². The molecule has 1 aromatic rings. The second-order valence-corrected chi connectivity index (χ2v) is 4.87. The number of carbonyl (C=O) groups excluding carboxylic acids is 1. The van der Waals surface area contributed by atoms with Crippen LogP contribution in [0, 0.1) is 18.7 Å². The zero-order chi connectivity index (χ0) is 13.1. The Morgan fingerprint density at radius 1 is 1.56 bits per heavy atom. The van der Waals surface area contributed by atoms with Crippen molar-refractivity contribution in [3.63, 3.8) is 0 Å². The van der Waals surface area contributed by atoms with E-state index in [9.17, 15) is 9.18 Å². The van der Waals surface area contributed by atoms with Crippen molar-refractivity contribution in [2.24, 2.45) is 5.92 Å². The van der Waals surface area contributed by atoms with Crippen LogP contribution in [-0.2, 0) is 4.74 Å². The molecule has 1 heterocycles. The van der Waals surface area contributed by atoms with Crippen molar-refractivity contribution in [3.8, 4) is 0 Å². The van der Waals surface area contributed by atoms with Crippen LogP contribution >= 0.6 is 0 Å². The number of benzene rings is 1. The molecule has 4 heteroatoms. The number of ether oxygens (including phenoxy) is 1. The van der Waals surface area contributed by atoms with E-state index >= 15 is 0 Å². The summed E-state index contributed by atoms with van der Waals surface area (Å²) in [6.45, 7) is 5.18. The average molecular weight is 251 g/mol. The molecule has 0 aromatic heterocycles. The third kappa shape index (κ3) is 2.88. The molecular weight excluding hydrogens is 233 g/mol. The van der Waals surface area contributed by atoms with Crippen molar-refractivity contribution in [1.29, 1.82) is 0 Å². The number of amides is 1. The van der Waals surface area contributed by atoms with Gasteiger partial charge in [-0.1, -0.05) is 11.6 Å². The van der Waals surface area contributed by atoms with E-state index < -0.39 is 5.82 Å². The zero-order valence-corrected chi connectivity index (χ0v) is 10.7. The summed E-state index contributed by atoms with van der Waals surface area (Å²) in [6.07, 6.45) is 0.942. The lowest BCUT2D eigenvalue weighted by atomic mass is 10.00. The summed E-state index contributed by atoms with van der Waals surface area (Å²) in [4.78, 5) is 12.0. The molecule has 0 bridgehead atoms. The molecule has 2 atom stereocenters. The van der Waals surface area contributed by atoms with Crippen molar-refractivity contribution in [3.05, 3.63) is 35.1 Å². The van der Waals surface area contributed by atoms with Crippen molar-refractivity contribution in [1.82, 2.24) is 5.32 Å². The Kier molecular flexibility index (Phi) is 3.97. The van der Waals surface area contributed by atoms with Gasteiger partial charge < -0.3 is 10.1 Å². The van der Waals surface area contributed by atoms with Crippen molar-refractivity contribution in [2.75, 3.05) is 13.2 Å². The summed E-state index contributed by atoms with van der Waals surface area (Å²) in [5.41, 5.74) is 0.985. The molecule has 2 rings (SSSR count). The van der Waals surface area contributed by atoms with Crippen molar-refractivity contribution in [2.45, 2.75) is 26.3 Å². The standard InChI is InChI=1S/C14H18FNO2/c1-9-3-4-13(15)12(7-9)14(17)16-10(2)11-5-6-18-8-11/h3-4,7,10-11H,5-6,8H2,1-2H3,(H,16,17). The van der Waals surface area contributed by atoms with Crippen molar-refractivity contribution < 1.29 is 13.9 Å². The first-order valence-electron chi connectivity index (χ1n) is 6.22. The number of nitrogens with one attached hydrogen (secondary N) is 1. The number of aryl methyl sites for hydroxylation is 1. The molecule has 0 spiro atoms. The Labute approximate surface area is 106 Å². The van der Waals surface area contributed by atoms with Gasteiger partial charge in [0.05, 0.1) is 12.2 Å². The highest BCUT2D eigenvalue weighted by Gasteiger charge is 2.24. The quantitative estimate of drug-likeness (QED) is 0.895. The number of carbonyl (C=O) groups is 1. The number of rotatable bonds is 3. The molecule has 1 aliphatic heterocycles. The molecule has 1 aliphatic rings. The van der Waals surface area contributed by atoms with E-state index in [1.54, 1.807) is 12.1 Å². The SMILES string of the molecule is Cc1ccc(F)c(C(=O)NC(C)C2CCOC2)c1. The van der Waals surface area contributed by atoms with Gasteiger partial charge >= 0.3 is 0 Å². The molecule has 1 amide bonds. The molecule has 98 valence electrons. The minimum atomic E-state index is -0.479. The third-order valence-corrected chi connectivity index (χ3v) is 3.40. The van der Waals surface area contributed by atoms with E-state index in [-0.39, 0.29) is 17.5 Å². The number of hydrogen-bond acceptors (Lipinski definition) is 2. The largest absolute Gasteiger partial charge is 0.381 e. The molecule has 1 aromatic carbocycles. The highest BCUT2D eigenvalue weighted by atomic mass is 19.1. The molecule has 1 N–H and O–H groups in total. The number of halogens is 1. The van der Waals surface area contributed by atoms with E-state index in [2.05, 4.69) is 5.32 Å². The van der Waals surface area contributed by atoms with E-state index in [0.29, 0.717) is 12.5 Å². The van der Waals surface area contributed by atoms with Crippen LogP contribution in [0.4, 0.5) is 4.39 Å². The summed E-state index contributed by atoms with van der Waals surface area (Å²) >= 11 is 0. The normalized spacial score (nSPS) is 20.7. The molecule has 0 aliphatic carbocycles. The van der Waals surface area contributed by atoms with Gasteiger partial charge in [0, 0.05) is 18.6 Å². The third-order valence-electron chi connectivity index (χ3n) is 3.40. The number of hydrogen-bond donors (Lipinski definition) is 1. The molecule has 1 saturated heterocycles. The van der Waals surface area contributed by atoms with Gasteiger partial charge in [0.15, 0.2) is 0 Å². The molecule has 18 heavy (non-hydrogen) atoms. The zero-order valence-electron chi connectivity index (χ0n) is 10.7. The topological polar surface area (TPSA) is 38.3 Å². The maximum absolute atomic E-state index is 13.6. The average Bonchev–Trinajstić information content (AvgIpc) is 2.85. The summed E-state index contributed by atoms with van der Waals surface area (Å²) in [5, 5.41) is 2.85. The highest BCUT2D eigenvalue weighted by Crippen LogP contribution is 2.17. The van der Waals surface area contributed by atoms with Crippen LogP contribution in [0.5, 0.6) is 0 Å². The van der Waals surface area contributed by atoms with Gasteiger partial charge in [-0.25, -0.2) is 4.39 Å². The fraction of sp³-hybridized carbons (Fsp3) is 0.500.